The van der Waals surface area contributed by atoms with Gasteiger partial charge in [0.05, 0.1) is 32.3 Å². The predicted octanol–water partition coefficient (Wildman–Crippen LogP) is -0.220. The summed E-state index contributed by atoms with van der Waals surface area (Å²) in [6.45, 7) is 6.50. The molecule has 1 heterocycles. The van der Waals surface area contributed by atoms with Crippen LogP contribution in [0.25, 0.3) is 0 Å². The van der Waals surface area contributed by atoms with E-state index in [1.54, 1.807) is 7.11 Å². The first-order valence-corrected chi connectivity index (χ1v) is 6.95. The van der Waals surface area contributed by atoms with Crippen molar-refractivity contribution < 1.29 is 19.0 Å². The lowest BCUT2D eigenvalue weighted by atomic mass is 10.0. The smallest absolute Gasteiger partial charge is 0.227 e. The van der Waals surface area contributed by atoms with Gasteiger partial charge in [-0.2, -0.15) is 0 Å². The highest BCUT2D eigenvalue weighted by atomic mass is 16.5. The molecule has 0 aromatic carbocycles. The normalized spacial score (nSPS) is 22.6. The molecule has 0 spiro atoms. The van der Waals surface area contributed by atoms with Gasteiger partial charge in [-0.05, 0) is 13.0 Å². The third-order valence-electron chi connectivity index (χ3n) is 3.08. The van der Waals surface area contributed by atoms with Gasteiger partial charge < -0.3 is 24.8 Å². The number of likely N-dealkylation sites (N-methyl/N-ethyl adjacent to an activating group) is 1. The maximum atomic E-state index is 12.0. The zero-order valence-electron chi connectivity index (χ0n) is 11.9. The molecule has 6 heteroatoms. The molecule has 112 valence electrons. The first-order chi connectivity index (χ1) is 9.29. The fourth-order valence-corrected chi connectivity index (χ4v) is 2.04. The standard InChI is InChI=1S/C13H26N2O4/c1-3-14-12-10-19-9-11(12)13(16)15-5-4-6-18-8-7-17-2/h11-12,14H,3-10H2,1-2H3,(H,15,16). The second kappa shape index (κ2) is 10.1. The molecular weight excluding hydrogens is 248 g/mol. The molecule has 0 bridgehead atoms. The molecule has 19 heavy (non-hydrogen) atoms. The van der Waals surface area contributed by atoms with E-state index in [0.717, 1.165) is 13.0 Å². The van der Waals surface area contributed by atoms with Crippen molar-refractivity contribution >= 4 is 5.91 Å². The van der Waals surface area contributed by atoms with Crippen LogP contribution in [0.15, 0.2) is 0 Å². The number of nitrogens with one attached hydrogen (secondary N) is 2. The van der Waals surface area contributed by atoms with Crippen LogP contribution in [0.4, 0.5) is 0 Å². The SMILES string of the molecule is CCNC1COCC1C(=O)NCCCOCCOC. The monoisotopic (exact) mass is 274 g/mol. The molecule has 0 aliphatic carbocycles. The Kier molecular flexibility index (Phi) is 8.73. The summed E-state index contributed by atoms with van der Waals surface area (Å²) in [5, 5.41) is 6.21. The van der Waals surface area contributed by atoms with Crippen molar-refractivity contribution in [2.24, 2.45) is 5.92 Å². The van der Waals surface area contributed by atoms with Crippen LogP contribution in [-0.4, -0.2) is 65.2 Å². The van der Waals surface area contributed by atoms with Gasteiger partial charge in [0.25, 0.3) is 0 Å². The Morgan fingerprint density at radius 3 is 2.89 bits per heavy atom. The maximum Gasteiger partial charge on any atom is 0.227 e. The average molecular weight is 274 g/mol. The predicted molar refractivity (Wildman–Crippen MR) is 72.1 cm³/mol. The third-order valence-corrected chi connectivity index (χ3v) is 3.08. The van der Waals surface area contributed by atoms with Crippen molar-refractivity contribution in [3.63, 3.8) is 0 Å². The molecule has 0 aromatic rings. The molecule has 0 saturated carbocycles. The summed E-state index contributed by atoms with van der Waals surface area (Å²) < 4.78 is 15.6. The lowest BCUT2D eigenvalue weighted by molar-refractivity contribution is -0.125. The van der Waals surface area contributed by atoms with Gasteiger partial charge in [-0.25, -0.2) is 0 Å². The second-order valence-corrected chi connectivity index (χ2v) is 4.56. The number of ether oxygens (including phenoxy) is 3. The molecule has 2 unspecified atom stereocenters. The van der Waals surface area contributed by atoms with E-state index in [9.17, 15) is 4.79 Å². The molecule has 6 nitrogen and oxygen atoms in total. The van der Waals surface area contributed by atoms with E-state index in [1.807, 2.05) is 6.92 Å². The van der Waals surface area contributed by atoms with Crippen molar-refractivity contribution in [3.05, 3.63) is 0 Å². The van der Waals surface area contributed by atoms with Crippen LogP contribution in [0, 0.1) is 5.92 Å². The number of hydrogen-bond donors (Lipinski definition) is 2. The van der Waals surface area contributed by atoms with Gasteiger partial charge >= 0.3 is 0 Å². The Hall–Kier alpha value is -0.690. The number of rotatable bonds is 10. The minimum Gasteiger partial charge on any atom is -0.382 e. The van der Waals surface area contributed by atoms with E-state index in [1.165, 1.54) is 0 Å². The van der Waals surface area contributed by atoms with Gasteiger partial charge in [0.1, 0.15) is 0 Å². The zero-order chi connectivity index (χ0) is 13.9. The van der Waals surface area contributed by atoms with Crippen LogP contribution < -0.4 is 10.6 Å². The van der Waals surface area contributed by atoms with Gasteiger partial charge in [0.15, 0.2) is 0 Å². The van der Waals surface area contributed by atoms with Crippen molar-refractivity contribution in [1.29, 1.82) is 0 Å². The zero-order valence-corrected chi connectivity index (χ0v) is 11.9. The Labute approximate surface area is 115 Å². The Balaban J connectivity index is 2.07. The quantitative estimate of drug-likeness (QED) is 0.539. The highest BCUT2D eigenvalue weighted by Gasteiger charge is 2.32. The van der Waals surface area contributed by atoms with Crippen LogP contribution in [0.3, 0.4) is 0 Å². The van der Waals surface area contributed by atoms with Gasteiger partial charge in [0.2, 0.25) is 5.91 Å². The van der Waals surface area contributed by atoms with Crippen LogP contribution >= 0.6 is 0 Å². The molecular formula is C13H26N2O4. The van der Waals surface area contributed by atoms with Crippen molar-refractivity contribution in [2.45, 2.75) is 19.4 Å². The Morgan fingerprint density at radius 1 is 1.32 bits per heavy atom. The largest absolute Gasteiger partial charge is 0.382 e. The van der Waals surface area contributed by atoms with Crippen molar-refractivity contribution in [1.82, 2.24) is 10.6 Å². The van der Waals surface area contributed by atoms with Crippen LogP contribution in [0.2, 0.25) is 0 Å². The van der Waals surface area contributed by atoms with Gasteiger partial charge in [-0.15, -0.1) is 0 Å². The van der Waals surface area contributed by atoms with Gasteiger partial charge in [-0.1, -0.05) is 6.92 Å². The highest BCUT2D eigenvalue weighted by Crippen LogP contribution is 2.13. The van der Waals surface area contributed by atoms with E-state index in [-0.39, 0.29) is 17.9 Å². The summed E-state index contributed by atoms with van der Waals surface area (Å²) >= 11 is 0. The first-order valence-electron chi connectivity index (χ1n) is 6.95. The summed E-state index contributed by atoms with van der Waals surface area (Å²) in [5.41, 5.74) is 0. The third kappa shape index (κ3) is 6.33. The van der Waals surface area contributed by atoms with E-state index >= 15 is 0 Å². The summed E-state index contributed by atoms with van der Waals surface area (Å²) in [7, 11) is 1.65. The molecule has 0 radical (unpaired) electrons. The number of hydrogen-bond acceptors (Lipinski definition) is 5. The van der Waals surface area contributed by atoms with Crippen molar-refractivity contribution in [2.75, 3.05) is 53.2 Å². The first kappa shape index (κ1) is 16.4. The number of carbonyl (C=O) groups excluding carboxylic acids is 1. The maximum absolute atomic E-state index is 12.0. The van der Waals surface area contributed by atoms with E-state index in [0.29, 0.717) is 39.6 Å². The number of amides is 1. The number of carbonyl (C=O) groups is 1. The summed E-state index contributed by atoms with van der Waals surface area (Å²) in [6, 6.07) is 0.142. The van der Waals surface area contributed by atoms with Crippen LogP contribution in [0.5, 0.6) is 0 Å². The van der Waals surface area contributed by atoms with E-state index in [4.69, 9.17) is 14.2 Å². The summed E-state index contributed by atoms with van der Waals surface area (Å²) in [4.78, 5) is 12.0. The van der Waals surface area contributed by atoms with Gasteiger partial charge in [0, 0.05) is 26.3 Å². The molecule has 1 amide bonds. The van der Waals surface area contributed by atoms with Crippen molar-refractivity contribution in [3.8, 4) is 0 Å². The topological polar surface area (TPSA) is 68.8 Å². The number of methoxy groups -OCH3 is 1. The second-order valence-electron chi connectivity index (χ2n) is 4.56. The Bertz CT molecular complexity index is 251. The molecule has 2 atom stereocenters. The van der Waals surface area contributed by atoms with Gasteiger partial charge in [-0.3, -0.25) is 4.79 Å². The Morgan fingerprint density at radius 2 is 2.16 bits per heavy atom. The lowest BCUT2D eigenvalue weighted by Crippen LogP contribution is -2.44. The van der Waals surface area contributed by atoms with E-state index < -0.39 is 0 Å². The fraction of sp³-hybridized carbons (Fsp3) is 0.923. The molecule has 1 aliphatic rings. The van der Waals surface area contributed by atoms with Crippen LogP contribution in [0.1, 0.15) is 13.3 Å². The minimum absolute atomic E-state index is 0.0698. The molecule has 1 fully saturated rings. The summed E-state index contributed by atoms with van der Waals surface area (Å²) in [6.07, 6.45) is 0.814. The fourth-order valence-electron chi connectivity index (χ4n) is 2.04. The summed E-state index contributed by atoms with van der Waals surface area (Å²) in [5.74, 6) is -0.00491. The molecule has 1 rings (SSSR count). The molecule has 1 saturated heterocycles. The molecule has 0 aromatic heterocycles. The minimum atomic E-state index is -0.0747. The molecule has 1 aliphatic heterocycles. The molecule has 2 N–H and O–H groups in total. The van der Waals surface area contributed by atoms with E-state index in [2.05, 4.69) is 10.6 Å². The van der Waals surface area contributed by atoms with Crippen LogP contribution in [-0.2, 0) is 19.0 Å². The average Bonchev–Trinajstić information content (AvgIpc) is 2.86. The highest BCUT2D eigenvalue weighted by molar-refractivity contribution is 5.79. The lowest BCUT2D eigenvalue weighted by Gasteiger charge is -2.17.